The third-order valence-electron chi connectivity index (χ3n) is 6.31. The molecule has 0 spiro atoms. The first-order chi connectivity index (χ1) is 18.2. The molecule has 2 heterocycles. The highest BCUT2D eigenvalue weighted by Crippen LogP contribution is 2.37. The smallest absolute Gasteiger partial charge is 0.132 e. The van der Waals surface area contributed by atoms with E-state index in [0.29, 0.717) is 31.6 Å². The summed E-state index contributed by atoms with van der Waals surface area (Å²) in [6, 6.07) is 23.4. The molecule has 5 rings (SSSR count). The van der Waals surface area contributed by atoms with Gasteiger partial charge in [0.15, 0.2) is 0 Å². The van der Waals surface area contributed by atoms with E-state index in [0.717, 1.165) is 34.4 Å². The molecule has 0 bridgehead atoms. The van der Waals surface area contributed by atoms with Crippen molar-refractivity contribution in [1.29, 1.82) is 0 Å². The second kappa shape index (κ2) is 14.6. The molecule has 2 unspecified atom stereocenters. The first-order valence-corrected chi connectivity index (χ1v) is 13.4. The molecule has 1 saturated heterocycles. The van der Waals surface area contributed by atoms with Gasteiger partial charge in [0.25, 0.3) is 0 Å². The summed E-state index contributed by atoms with van der Waals surface area (Å²) in [4.78, 5) is 0. The molecule has 1 aromatic heterocycles. The summed E-state index contributed by atoms with van der Waals surface area (Å²) in [6.07, 6.45) is 3.48. The topological polar surface area (TPSA) is 32.6 Å². The molecule has 1 aliphatic heterocycles. The molecular weight excluding hydrogens is 465 g/mol. The Hall–Kier alpha value is -3.15. The number of hydrogen-bond acceptors (Lipinski definition) is 3. The minimum atomic E-state index is -0.216. The Morgan fingerprint density at radius 1 is 0.892 bits per heavy atom. The molecule has 0 amide bonds. The molecule has 3 aromatic carbocycles. The van der Waals surface area contributed by atoms with Crippen LogP contribution in [-0.2, 0) is 22.6 Å². The van der Waals surface area contributed by atoms with Crippen molar-refractivity contribution in [1.82, 2.24) is 4.57 Å². The molecule has 0 saturated carbocycles. The first kappa shape index (κ1) is 28.4. The van der Waals surface area contributed by atoms with Gasteiger partial charge in [-0.2, -0.15) is 0 Å². The van der Waals surface area contributed by atoms with Crippen molar-refractivity contribution >= 4 is 10.9 Å². The van der Waals surface area contributed by atoms with E-state index < -0.39 is 0 Å². The Bertz CT molecular complexity index is 1200. The number of hydrogen-bond donors (Lipinski definition) is 0. The summed E-state index contributed by atoms with van der Waals surface area (Å²) in [7, 11) is 1.66. The fraction of sp³-hybridized carbons (Fsp3) is 0.375. The van der Waals surface area contributed by atoms with Crippen molar-refractivity contribution in [2.24, 2.45) is 0 Å². The van der Waals surface area contributed by atoms with E-state index in [-0.39, 0.29) is 18.0 Å². The van der Waals surface area contributed by atoms with Crippen molar-refractivity contribution in [3.63, 3.8) is 0 Å². The van der Waals surface area contributed by atoms with Gasteiger partial charge in [-0.1, -0.05) is 76.2 Å². The molecule has 4 aromatic rings. The molecular formula is C32H40FNO3. The van der Waals surface area contributed by atoms with Gasteiger partial charge < -0.3 is 18.8 Å². The monoisotopic (exact) mass is 505 g/mol. The standard InChI is InChI=1S/C28H28FNO3.2C2H6/c1-31-22-12-10-20(11-13-22)17-30-18-24(28-25(29)8-5-9-26(28)30)27-16-23(14-15-32-27)33-19-21-6-3-2-4-7-21;2*1-2/h2-13,18,23,27H,14-17,19H2,1H3;2*1-2H3. The molecule has 4 nitrogen and oxygen atoms in total. The Kier molecular flexibility index (Phi) is 11.2. The lowest BCUT2D eigenvalue weighted by atomic mass is 9.98. The zero-order valence-electron chi connectivity index (χ0n) is 22.7. The zero-order valence-corrected chi connectivity index (χ0v) is 22.7. The predicted octanol–water partition coefficient (Wildman–Crippen LogP) is 8.33. The highest BCUT2D eigenvalue weighted by molar-refractivity contribution is 5.85. The van der Waals surface area contributed by atoms with Gasteiger partial charge in [-0.3, -0.25) is 0 Å². The Balaban J connectivity index is 0.000000907. The Labute approximate surface area is 221 Å². The Morgan fingerprint density at radius 3 is 2.32 bits per heavy atom. The van der Waals surface area contributed by atoms with Crippen LogP contribution in [0.25, 0.3) is 10.9 Å². The minimum Gasteiger partial charge on any atom is -0.497 e. The number of fused-ring (bicyclic) bond motifs is 1. The lowest BCUT2D eigenvalue weighted by Crippen LogP contribution is -2.26. The number of benzene rings is 3. The SMILES string of the molecule is CC.CC.COc1ccc(Cn2cc(C3CC(OCc4ccccc4)CCO3)c3c(F)cccc32)cc1. The maximum Gasteiger partial charge on any atom is 0.132 e. The average Bonchev–Trinajstić information content (AvgIpc) is 3.35. The van der Waals surface area contributed by atoms with Gasteiger partial charge in [-0.15, -0.1) is 0 Å². The zero-order chi connectivity index (χ0) is 26.6. The van der Waals surface area contributed by atoms with E-state index in [1.54, 1.807) is 13.2 Å². The Morgan fingerprint density at radius 2 is 1.62 bits per heavy atom. The van der Waals surface area contributed by atoms with Crippen LogP contribution in [0.1, 0.15) is 63.3 Å². The molecule has 198 valence electrons. The number of ether oxygens (including phenoxy) is 3. The van der Waals surface area contributed by atoms with E-state index in [1.807, 2.05) is 82.4 Å². The maximum absolute atomic E-state index is 15.0. The van der Waals surface area contributed by atoms with Gasteiger partial charge in [-0.25, -0.2) is 4.39 Å². The molecule has 0 aliphatic carbocycles. The van der Waals surface area contributed by atoms with Crippen LogP contribution in [0.4, 0.5) is 4.39 Å². The van der Waals surface area contributed by atoms with Crippen molar-refractivity contribution < 1.29 is 18.6 Å². The number of methoxy groups -OCH3 is 1. The lowest BCUT2D eigenvalue weighted by molar-refractivity contribution is -0.0788. The summed E-state index contributed by atoms with van der Waals surface area (Å²) in [5.74, 6) is 0.604. The van der Waals surface area contributed by atoms with Crippen LogP contribution in [0, 0.1) is 5.82 Å². The van der Waals surface area contributed by atoms with E-state index in [2.05, 4.69) is 16.7 Å². The number of halogens is 1. The second-order valence-electron chi connectivity index (χ2n) is 8.50. The number of aromatic nitrogens is 1. The van der Waals surface area contributed by atoms with E-state index in [4.69, 9.17) is 14.2 Å². The van der Waals surface area contributed by atoms with Gasteiger partial charge >= 0.3 is 0 Å². The van der Waals surface area contributed by atoms with Gasteiger partial charge in [0.05, 0.1) is 31.4 Å². The number of nitrogens with zero attached hydrogens (tertiary/aromatic N) is 1. The quantitative estimate of drug-likeness (QED) is 0.253. The van der Waals surface area contributed by atoms with Gasteiger partial charge in [-0.05, 0) is 41.8 Å². The minimum absolute atomic E-state index is 0.0794. The van der Waals surface area contributed by atoms with E-state index >= 15 is 4.39 Å². The molecule has 0 radical (unpaired) electrons. The largest absolute Gasteiger partial charge is 0.497 e. The van der Waals surface area contributed by atoms with Crippen molar-refractivity contribution in [3.8, 4) is 5.75 Å². The molecule has 1 fully saturated rings. The maximum atomic E-state index is 15.0. The fourth-order valence-corrected chi connectivity index (χ4v) is 4.57. The highest BCUT2D eigenvalue weighted by atomic mass is 19.1. The lowest BCUT2D eigenvalue weighted by Gasteiger charge is -2.29. The van der Waals surface area contributed by atoms with Crippen molar-refractivity contribution in [3.05, 3.63) is 102 Å². The van der Waals surface area contributed by atoms with Crippen LogP contribution >= 0.6 is 0 Å². The first-order valence-electron chi connectivity index (χ1n) is 13.4. The highest BCUT2D eigenvalue weighted by Gasteiger charge is 2.28. The number of rotatable bonds is 7. The van der Waals surface area contributed by atoms with Crippen LogP contribution in [0.2, 0.25) is 0 Å². The van der Waals surface area contributed by atoms with Crippen molar-refractivity contribution in [2.75, 3.05) is 13.7 Å². The fourth-order valence-electron chi connectivity index (χ4n) is 4.57. The van der Waals surface area contributed by atoms with Gasteiger partial charge in [0.2, 0.25) is 0 Å². The molecule has 37 heavy (non-hydrogen) atoms. The summed E-state index contributed by atoms with van der Waals surface area (Å²) < 4.78 is 34.7. The second-order valence-corrected chi connectivity index (χ2v) is 8.50. The average molecular weight is 506 g/mol. The van der Waals surface area contributed by atoms with Crippen LogP contribution in [-0.4, -0.2) is 24.4 Å². The molecule has 5 heteroatoms. The van der Waals surface area contributed by atoms with Gasteiger partial charge in [0, 0.05) is 36.7 Å². The molecule has 0 N–H and O–H groups in total. The molecule has 2 atom stereocenters. The van der Waals surface area contributed by atoms with Crippen LogP contribution < -0.4 is 4.74 Å². The third-order valence-corrected chi connectivity index (χ3v) is 6.31. The van der Waals surface area contributed by atoms with E-state index in [1.165, 1.54) is 6.07 Å². The predicted molar refractivity (Wildman–Crippen MR) is 150 cm³/mol. The van der Waals surface area contributed by atoms with Gasteiger partial charge in [0.1, 0.15) is 11.6 Å². The van der Waals surface area contributed by atoms with Crippen LogP contribution in [0.5, 0.6) is 5.75 Å². The summed E-state index contributed by atoms with van der Waals surface area (Å²) >= 11 is 0. The van der Waals surface area contributed by atoms with Crippen LogP contribution in [0.3, 0.4) is 0 Å². The molecule has 1 aliphatic rings. The third kappa shape index (κ3) is 7.21. The summed E-state index contributed by atoms with van der Waals surface area (Å²) in [5.41, 5.74) is 4.04. The summed E-state index contributed by atoms with van der Waals surface area (Å²) in [6.45, 7) is 9.82. The normalized spacial score (nSPS) is 16.8. The van der Waals surface area contributed by atoms with Crippen LogP contribution in [0.15, 0.2) is 79.0 Å². The van der Waals surface area contributed by atoms with Crippen molar-refractivity contribution in [2.45, 2.75) is 65.9 Å². The van der Waals surface area contributed by atoms with E-state index in [9.17, 15) is 0 Å². The summed E-state index contributed by atoms with van der Waals surface area (Å²) in [5, 5.41) is 0.639.